The van der Waals surface area contributed by atoms with E-state index in [1.807, 2.05) is 11.6 Å². The SMILES string of the molecule is C=C(O)CCCn1nc(C)cc1C(C)(C)C. The molecule has 0 radical (unpaired) electrons. The molecule has 1 aromatic rings. The number of aliphatic hydroxyl groups is 1. The van der Waals surface area contributed by atoms with Crippen molar-refractivity contribution in [3.63, 3.8) is 0 Å². The number of rotatable bonds is 4. The lowest BCUT2D eigenvalue weighted by Gasteiger charge is -2.20. The Hall–Kier alpha value is -1.25. The molecule has 0 unspecified atom stereocenters. The Kier molecular flexibility index (Phi) is 3.79. The van der Waals surface area contributed by atoms with Crippen molar-refractivity contribution in [2.45, 2.75) is 52.5 Å². The van der Waals surface area contributed by atoms with Gasteiger partial charge in [-0.25, -0.2) is 0 Å². The molecular formula is C13H22N2O. The van der Waals surface area contributed by atoms with Crippen LogP contribution < -0.4 is 0 Å². The summed E-state index contributed by atoms with van der Waals surface area (Å²) in [7, 11) is 0. The highest BCUT2D eigenvalue weighted by Crippen LogP contribution is 2.23. The summed E-state index contributed by atoms with van der Waals surface area (Å²) in [5.74, 6) is 0.251. The number of aliphatic hydroxyl groups excluding tert-OH is 1. The Morgan fingerprint density at radius 3 is 2.62 bits per heavy atom. The number of aromatic nitrogens is 2. The van der Waals surface area contributed by atoms with E-state index in [0.29, 0.717) is 6.42 Å². The summed E-state index contributed by atoms with van der Waals surface area (Å²) in [5, 5.41) is 13.5. The number of aryl methyl sites for hydroxylation is 2. The number of hydrogen-bond donors (Lipinski definition) is 1. The molecule has 1 N–H and O–H groups in total. The highest BCUT2D eigenvalue weighted by Gasteiger charge is 2.19. The Balaban J connectivity index is 2.75. The van der Waals surface area contributed by atoms with Crippen LogP contribution in [-0.2, 0) is 12.0 Å². The van der Waals surface area contributed by atoms with Gasteiger partial charge in [-0.1, -0.05) is 27.4 Å². The number of nitrogens with zero attached hydrogens (tertiary/aromatic N) is 2. The molecule has 0 aliphatic heterocycles. The van der Waals surface area contributed by atoms with Crippen molar-refractivity contribution in [1.82, 2.24) is 9.78 Å². The van der Waals surface area contributed by atoms with Gasteiger partial charge in [0.2, 0.25) is 0 Å². The molecule has 3 heteroatoms. The molecular weight excluding hydrogens is 200 g/mol. The van der Waals surface area contributed by atoms with Crippen LogP contribution in [0, 0.1) is 6.92 Å². The molecule has 0 amide bonds. The highest BCUT2D eigenvalue weighted by molar-refractivity contribution is 5.17. The van der Waals surface area contributed by atoms with E-state index in [-0.39, 0.29) is 11.2 Å². The zero-order valence-electron chi connectivity index (χ0n) is 10.7. The van der Waals surface area contributed by atoms with Gasteiger partial charge in [0.15, 0.2) is 0 Å². The van der Waals surface area contributed by atoms with Crippen LogP contribution in [0.25, 0.3) is 0 Å². The van der Waals surface area contributed by atoms with Crippen molar-refractivity contribution in [2.24, 2.45) is 0 Å². The molecule has 90 valence electrons. The van der Waals surface area contributed by atoms with E-state index in [2.05, 4.69) is 38.5 Å². The first-order valence-corrected chi connectivity index (χ1v) is 5.72. The molecule has 0 bridgehead atoms. The molecule has 0 saturated carbocycles. The minimum absolute atomic E-state index is 0.109. The van der Waals surface area contributed by atoms with E-state index in [0.717, 1.165) is 18.7 Å². The summed E-state index contributed by atoms with van der Waals surface area (Å²) in [6.07, 6.45) is 1.52. The average molecular weight is 222 g/mol. The van der Waals surface area contributed by atoms with Crippen molar-refractivity contribution < 1.29 is 5.11 Å². The minimum atomic E-state index is 0.109. The van der Waals surface area contributed by atoms with E-state index in [1.54, 1.807) is 0 Å². The molecule has 0 fully saturated rings. The summed E-state index contributed by atoms with van der Waals surface area (Å²) >= 11 is 0. The standard InChI is InChI=1S/C13H22N2O/c1-10-9-12(13(3,4)5)15(14-10)8-6-7-11(2)16/h9,16H,2,6-8H2,1,3-5H3. The van der Waals surface area contributed by atoms with Gasteiger partial charge in [0, 0.05) is 24.1 Å². The maximum atomic E-state index is 9.04. The van der Waals surface area contributed by atoms with Crippen LogP contribution in [0.3, 0.4) is 0 Å². The first kappa shape index (κ1) is 12.8. The fourth-order valence-corrected chi connectivity index (χ4v) is 1.75. The monoisotopic (exact) mass is 222 g/mol. The van der Waals surface area contributed by atoms with E-state index in [9.17, 15) is 0 Å². The van der Waals surface area contributed by atoms with Gasteiger partial charge in [-0.05, 0) is 19.4 Å². The van der Waals surface area contributed by atoms with Crippen LogP contribution in [-0.4, -0.2) is 14.9 Å². The smallest absolute Gasteiger partial charge is 0.0851 e. The summed E-state index contributed by atoms with van der Waals surface area (Å²) in [6.45, 7) is 12.9. The maximum absolute atomic E-state index is 9.04. The van der Waals surface area contributed by atoms with E-state index < -0.39 is 0 Å². The molecule has 1 rings (SSSR count). The second-order valence-corrected chi connectivity index (χ2v) is 5.31. The van der Waals surface area contributed by atoms with E-state index >= 15 is 0 Å². The van der Waals surface area contributed by atoms with E-state index in [4.69, 9.17) is 5.11 Å². The second-order valence-electron chi connectivity index (χ2n) is 5.31. The first-order chi connectivity index (χ1) is 7.30. The van der Waals surface area contributed by atoms with Crippen molar-refractivity contribution in [3.8, 4) is 0 Å². The predicted octanol–water partition coefficient (Wildman–Crippen LogP) is 3.34. The summed E-state index contributed by atoms with van der Waals surface area (Å²) in [6, 6.07) is 2.13. The average Bonchev–Trinajstić information content (AvgIpc) is 2.45. The van der Waals surface area contributed by atoms with Gasteiger partial charge in [-0.3, -0.25) is 4.68 Å². The number of hydrogen-bond acceptors (Lipinski definition) is 2. The molecule has 16 heavy (non-hydrogen) atoms. The zero-order chi connectivity index (χ0) is 12.3. The van der Waals surface area contributed by atoms with Gasteiger partial charge in [-0.2, -0.15) is 5.10 Å². The minimum Gasteiger partial charge on any atom is -0.513 e. The molecule has 0 aromatic carbocycles. The van der Waals surface area contributed by atoms with Crippen LogP contribution in [0.15, 0.2) is 18.4 Å². The van der Waals surface area contributed by atoms with Gasteiger partial charge in [0.05, 0.1) is 11.5 Å². The summed E-state index contributed by atoms with van der Waals surface area (Å²) in [4.78, 5) is 0. The Morgan fingerprint density at radius 2 is 2.12 bits per heavy atom. The van der Waals surface area contributed by atoms with Crippen molar-refractivity contribution >= 4 is 0 Å². The molecule has 1 heterocycles. The highest BCUT2D eigenvalue weighted by atomic mass is 16.3. The van der Waals surface area contributed by atoms with Crippen LogP contribution in [0.2, 0.25) is 0 Å². The molecule has 0 aliphatic rings. The molecule has 0 aliphatic carbocycles. The molecule has 0 saturated heterocycles. The third-order valence-electron chi connectivity index (χ3n) is 2.51. The first-order valence-electron chi connectivity index (χ1n) is 5.72. The third kappa shape index (κ3) is 3.40. The van der Waals surface area contributed by atoms with Crippen molar-refractivity contribution in [1.29, 1.82) is 0 Å². The second kappa shape index (κ2) is 4.73. The predicted molar refractivity (Wildman–Crippen MR) is 66.7 cm³/mol. The molecule has 3 nitrogen and oxygen atoms in total. The number of allylic oxidation sites excluding steroid dienone is 1. The molecule has 1 aromatic heterocycles. The van der Waals surface area contributed by atoms with Gasteiger partial charge in [0.1, 0.15) is 0 Å². The van der Waals surface area contributed by atoms with Crippen molar-refractivity contribution in [3.05, 3.63) is 29.8 Å². The van der Waals surface area contributed by atoms with Crippen LogP contribution in [0.5, 0.6) is 0 Å². The summed E-state index contributed by atoms with van der Waals surface area (Å²) in [5.41, 5.74) is 2.40. The van der Waals surface area contributed by atoms with Crippen LogP contribution in [0.1, 0.15) is 45.0 Å². The zero-order valence-corrected chi connectivity index (χ0v) is 10.7. The fraction of sp³-hybridized carbons (Fsp3) is 0.615. The Labute approximate surface area is 97.8 Å². The van der Waals surface area contributed by atoms with Gasteiger partial charge < -0.3 is 5.11 Å². The Morgan fingerprint density at radius 1 is 1.50 bits per heavy atom. The van der Waals surface area contributed by atoms with E-state index in [1.165, 1.54) is 5.69 Å². The molecule has 0 spiro atoms. The third-order valence-corrected chi connectivity index (χ3v) is 2.51. The quantitative estimate of drug-likeness (QED) is 0.793. The molecule has 0 atom stereocenters. The lowest BCUT2D eigenvalue weighted by Crippen LogP contribution is -2.18. The fourth-order valence-electron chi connectivity index (χ4n) is 1.75. The van der Waals surface area contributed by atoms with Crippen molar-refractivity contribution in [2.75, 3.05) is 0 Å². The van der Waals surface area contributed by atoms with Gasteiger partial charge >= 0.3 is 0 Å². The Bertz CT molecular complexity index is 372. The largest absolute Gasteiger partial charge is 0.513 e. The lowest BCUT2D eigenvalue weighted by molar-refractivity contribution is 0.375. The summed E-state index contributed by atoms with van der Waals surface area (Å²) < 4.78 is 2.04. The van der Waals surface area contributed by atoms with Gasteiger partial charge in [0.25, 0.3) is 0 Å². The lowest BCUT2D eigenvalue weighted by atomic mass is 9.92. The van der Waals surface area contributed by atoms with Crippen LogP contribution >= 0.6 is 0 Å². The topological polar surface area (TPSA) is 38.0 Å². The maximum Gasteiger partial charge on any atom is 0.0851 e. The van der Waals surface area contributed by atoms with Crippen LogP contribution in [0.4, 0.5) is 0 Å². The normalized spacial score (nSPS) is 11.8. The van der Waals surface area contributed by atoms with Gasteiger partial charge in [-0.15, -0.1) is 0 Å².